The van der Waals surface area contributed by atoms with Crippen LogP contribution in [0.1, 0.15) is 16.1 Å². The molecule has 0 bridgehead atoms. The summed E-state index contributed by atoms with van der Waals surface area (Å²) in [7, 11) is 1.61. The zero-order valence-electron chi connectivity index (χ0n) is 8.45. The first-order valence-corrected chi connectivity index (χ1v) is 4.96. The van der Waals surface area contributed by atoms with Crippen LogP contribution < -0.4 is 0 Å². The number of carbonyl (C=O) groups excluding carboxylic acids is 1. The van der Waals surface area contributed by atoms with Crippen LogP contribution in [0.3, 0.4) is 0 Å². The number of hydrogen-bond donors (Lipinski definition) is 0. The minimum absolute atomic E-state index is 0.103. The molecular formula is C11H8ClFN2O. The van der Waals surface area contributed by atoms with Gasteiger partial charge in [0.25, 0.3) is 0 Å². The topological polar surface area (TPSA) is 34.9 Å². The maximum absolute atomic E-state index is 13.5. The molecule has 5 heteroatoms. The third-order valence-electron chi connectivity index (χ3n) is 2.24. The third kappa shape index (κ3) is 1.72. The fraction of sp³-hybridized carbons (Fsp3) is 0.0909. The molecule has 3 nitrogen and oxygen atoms in total. The van der Waals surface area contributed by atoms with E-state index in [1.165, 1.54) is 35.1 Å². The fourth-order valence-corrected chi connectivity index (χ4v) is 1.69. The molecule has 0 aliphatic rings. The van der Waals surface area contributed by atoms with Crippen LogP contribution in [-0.4, -0.2) is 15.6 Å². The van der Waals surface area contributed by atoms with Crippen molar-refractivity contribution in [3.63, 3.8) is 0 Å². The van der Waals surface area contributed by atoms with E-state index in [0.29, 0.717) is 5.69 Å². The highest BCUT2D eigenvalue weighted by atomic mass is 35.5. The van der Waals surface area contributed by atoms with Gasteiger partial charge in [-0.25, -0.2) is 4.39 Å². The van der Waals surface area contributed by atoms with Crippen molar-refractivity contribution in [1.82, 2.24) is 9.78 Å². The van der Waals surface area contributed by atoms with Gasteiger partial charge >= 0.3 is 0 Å². The smallest absolute Gasteiger partial charge is 0.215 e. The SMILES string of the molecule is Cn1nccc1C(=O)c1c(F)cccc1Cl. The molecule has 0 fully saturated rings. The normalized spacial score (nSPS) is 10.4. The van der Waals surface area contributed by atoms with E-state index in [0.717, 1.165) is 0 Å². The van der Waals surface area contributed by atoms with Gasteiger partial charge in [0.2, 0.25) is 5.78 Å². The highest BCUT2D eigenvalue weighted by Gasteiger charge is 2.19. The number of benzene rings is 1. The van der Waals surface area contributed by atoms with Crippen molar-refractivity contribution in [1.29, 1.82) is 0 Å². The van der Waals surface area contributed by atoms with Crippen molar-refractivity contribution >= 4 is 17.4 Å². The van der Waals surface area contributed by atoms with Gasteiger partial charge in [-0.15, -0.1) is 0 Å². The zero-order valence-corrected chi connectivity index (χ0v) is 9.20. The molecule has 16 heavy (non-hydrogen) atoms. The van der Waals surface area contributed by atoms with E-state index in [9.17, 15) is 9.18 Å². The summed E-state index contributed by atoms with van der Waals surface area (Å²) >= 11 is 5.80. The highest BCUT2D eigenvalue weighted by Crippen LogP contribution is 2.21. The Labute approximate surface area is 96.5 Å². The van der Waals surface area contributed by atoms with E-state index in [1.807, 2.05) is 0 Å². The molecule has 1 aromatic carbocycles. The quantitative estimate of drug-likeness (QED) is 0.754. The Hall–Kier alpha value is -1.68. The predicted molar refractivity (Wildman–Crippen MR) is 58.1 cm³/mol. The van der Waals surface area contributed by atoms with Crippen molar-refractivity contribution in [3.05, 3.63) is 52.6 Å². The van der Waals surface area contributed by atoms with Crippen molar-refractivity contribution in [2.45, 2.75) is 0 Å². The number of aromatic nitrogens is 2. The van der Waals surface area contributed by atoms with E-state index in [-0.39, 0.29) is 10.6 Å². The summed E-state index contributed by atoms with van der Waals surface area (Å²) in [5.74, 6) is -1.10. The minimum Gasteiger partial charge on any atom is -0.287 e. The van der Waals surface area contributed by atoms with E-state index in [1.54, 1.807) is 7.05 Å². The molecule has 0 aliphatic carbocycles. The Kier molecular flexibility index (Phi) is 2.75. The molecule has 0 amide bonds. The van der Waals surface area contributed by atoms with Gasteiger partial charge in [-0.05, 0) is 18.2 Å². The lowest BCUT2D eigenvalue weighted by atomic mass is 10.1. The van der Waals surface area contributed by atoms with Crippen molar-refractivity contribution in [3.8, 4) is 0 Å². The molecule has 0 saturated heterocycles. The maximum atomic E-state index is 13.5. The lowest BCUT2D eigenvalue weighted by molar-refractivity contribution is 0.102. The number of hydrogen-bond acceptors (Lipinski definition) is 2. The summed E-state index contributed by atoms with van der Waals surface area (Å²) in [4.78, 5) is 12.0. The molecule has 0 radical (unpaired) electrons. The summed E-state index contributed by atoms with van der Waals surface area (Å²) in [6.07, 6.45) is 1.47. The Morgan fingerprint density at radius 1 is 1.44 bits per heavy atom. The number of halogens is 2. The molecule has 82 valence electrons. The van der Waals surface area contributed by atoms with Gasteiger partial charge in [0.05, 0.1) is 10.6 Å². The van der Waals surface area contributed by atoms with Crippen LogP contribution in [0.25, 0.3) is 0 Å². The van der Waals surface area contributed by atoms with Crippen LogP contribution >= 0.6 is 11.6 Å². The second-order valence-corrected chi connectivity index (χ2v) is 3.67. The largest absolute Gasteiger partial charge is 0.287 e. The monoisotopic (exact) mass is 238 g/mol. The van der Waals surface area contributed by atoms with Gasteiger partial charge in [-0.2, -0.15) is 5.10 Å². The number of rotatable bonds is 2. The molecule has 2 rings (SSSR count). The first kappa shape index (κ1) is 10.8. The summed E-state index contributed by atoms with van der Waals surface area (Å²) in [6, 6.07) is 5.66. The Morgan fingerprint density at radius 2 is 2.19 bits per heavy atom. The number of nitrogens with zero attached hydrogens (tertiary/aromatic N) is 2. The first-order valence-electron chi connectivity index (χ1n) is 4.58. The maximum Gasteiger partial charge on any atom is 0.215 e. The summed E-state index contributed by atoms with van der Waals surface area (Å²) in [5.41, 5.74) is 0.180. The molecule has 0 N–H and O–H groups in total. The summed E-state index contributed by atoms with van der Waals surface area (Å²) in [5, 5.41) is 3.96. The fourth-order valence-electron chi connectivity index (χ4n) is 1.44. The molecule has 0 unspecified atom stereocenters. The molecule has 0 spiro atoms. The number of aryl methyl sites for hydroxylation is 1. The average molecular weight is 239 g/mol. The van der Waals surface area contributed by atoms with Crippen LogP contribution in [0.15, 0.2) is 30.5 Å². The van der Waals surface area contributed by atoms with Crippen molar-refractivity contribution < 1.29 is 9.18 Å². The Bertz CT molecular complexity index is 530. The summed E-state index contributed by atoms with van der Waals surface area (Å²) in [6.45, 7) is 0. The first-order chi connectivity index (χ1) is 7.61. The van der Waals surface area contributed by atoms with Gasteiger partial charge in [0.1, 0.15) is 11.5 Å². The molecule has 1 aromatic heterocycles. The number of carbonyl (C=O) groups is 1. The third-order valence-corrected chi connectivity index (χ3v) is 2.56. The van der Waals surface area contributed by atoms with E-state index in [4.69, 9.17) is 11.6 Å². The van der Waals surface area contributed by atoms with E-state index < -0.39 is 11.6 Å². The van der Waals surface area contributed by atoms with Gasteiger partial charge in [-0.3, -0.25) is 9.48 Å². The lowest BCUT2D eigenvalue weighted by Crippen LogP contribution is -2.10. The molecule has 0 atom stereocenters. The molecule has 0 aliphatic heterocycles. The van der Waals surface area contributed by atoms with Gasteiger partial charge in [0, 0.05) is 13.2 Å². The van der Waals surface area contributed by atoms with Crippen molar-refractivity contribution in [2.24, 2.45) is 7.05 Å². The van der Waals surface area contributed by atoms with Gasteiger partial charge in [0.15, 0.2) is 0 Å². The van der Waals surface area contributed by atoms with Crippen LogP contribution in [0, 0.1) is 5.82 Å². The summed E-state index contributed by atoms with van der Waals surface area (Å²) < 4.78 is 14.9. The van der Waals surface area contributed by atoms with Gasteiger partial charge in [-0.1, -0.05) is 17.7 Å². The van der Waals surface area contributed by atoms with Crippen LogP contribution in [0.4, 0.5) is 4.39 Å². The van der Waals surface area contributed by atoms with E-state index in [2.05, 4.69) is 5.10 Å². The zero-order chi connectivity index (χ0) is 11.7. The van der Waals surface area contributed by atoms with Crippen LogP contribution in [-0.2, 0) is 7.05 Å². The lowest BCUT2D eigenvalue weighted by Gasteiger charge is -2.04. The predicted octanol–water partition coefficient (Wildman–Crippen LogP) is 2.44. The highest BCUT2D eigenvalue weighted by molar-refractivity contribution is 6.34. The minimum atomic E-state index is -0.626. The number of ketones is 1. The average Bonchev–Trinajstić information content (AvgIpc) is 2.64. The molecular weight excluding hydrogens is 231 g/mol. The van der Waals surface area contributed by atoms with Gasteiger partial charge < -0.3 is 0 Å². The second-order valence-electron chi connectivity index (χ2n) is 3.27. The van der Waals surface area contributed by atoms with Crippen molar-refractivity contribution in [2.75, 3.05) is 0 Å². The second kappa shape index (κ2) is 4.06. The Balaban J connectivity index is 2.54. The molecule has 1 heterocycles. The molecule has 0 saturated carbocycles. The van der Waals surface area contributed by atoms with E-state index >= 15 is 0 Å². The van der Waals surface area contributed by atoms with Crippen LogP contribution in [0.5, 0.6) is 0 Å². The van der Waals surface area contributed by atoms with Crippen LogP contribution in [0.2, 0.25) is 5.02 Å². The standard InChI is InChI=1S/C11H8ClFN2O/c1-15-9(5-6-14-15)11(16)10-7(12)3-2-4-8(10)13/h2-6H,1H3. The molecule has 2 aromatic rings. The Morgan fingerprint density at radius 3 is 2.75 bits per heavy atom.